The molecule has 0 saturated carbocycles. The summed E-state index contributed by atoms with van der Waals surface area (Å²) in [6.45, 7) is 4.27. The maximum absolute atomic E-state index is 6.03. The standard InChI is InChI=1S/C18H23N5O3/c1-2-4-14(5-3-1)19-16-20-17(23-8-12-25-13-9-23)22-18(21-16)26-15-6-10-24-11-7-15/h1-5,15H,6-13H2,(H,19,20,21,22). The number of aromatic nitrogens is 3. The zero-order chi connectivity index (χ0) is 17.6. The van der Waals surface area contributed by atoms with Crippen LogP contribution >= 0.6 is 0 Å². The van der Waals surface area contributed by atoms with Crippen LogP contribution < -0.4 is 15.0 Å². The number of hydrogen-bond donors (Lipinski definition) is 1. The Bertz CT molecular complexity index is 703. The lowest BCUT2D eigenvalue weighted by atomic mass is 10.2. The molecular formula is C18H23N5O3. The van der Waals surface area contributed by atoms with E-state index >= 15 is 0 Å². The Balaban J connectivity index is 1.57. The first-order valence-corrected chi connectivity index (χ1v) is 9.02. The molecule has 1 N–H and O–H groups in total. The van der Waals surface area contributed by atoms with Crippen LogP contribution in [0.15, 0.2) is 30.3 Å². The summed E-state index contributed by atoms with van der Waals surface area (Å²) in [6, 6.07) is 10.2. The Hall–Kier alpha value is -2.45. The average molecular weight is 357 g/mol. The minimum absolute atomic E-state index is 0.0771. The molecule has 1 aromatic carbocycles. The van der Waals surface area contributed by atoms with Gasteiger partial charge < -0.3 is 24.4 Å². The van der Waals surface area contributed by atoms with Crippen LogP contribution in [0.1, 0.15) is 12.8 Å². The first-order valence-electron chi connectivity index (χ1n) is 9.02. The molecule has 0 atom stereocenters. The summed E-state index contributed by atoms with van der Waals surface area (Å²) in [4.78, 5) is 15.7. The predicted molar refractivity (Wildman–Crippen MR) is 97.1 cm³/mol. The van der Waals surface area contributed by atoms with Crippen LogP contribution in [0.4, 0.5) is 17.6 Å². The van der Waals surface area contributed by atoms with Crippen LogP contribution in [-0.2, 0) is 9.47 Å². The Kier molecular flexibility index (Phi) is 5.41. The summed E-state index contributed by atoms with van der Waals surface area (Å²) in [5.41, 5.74) is 0.920. The first kappa shape index (κ1) is 17.0. The normalized spacial score (nSPS) is 18.5. The van der Waals surface area contributed by atoms with Crippen LogP contribution in [0, 0.1) is 0 Å². The second-order valence-corrected chi connectivity index (χ2v) is 6.26. The highest BCUT2D eigenvalue weighted by Gasteiger charge is 2.21. The number of benzene rings is 1. The van der Waals surface area contributed by atoms with E-state index in [1.165, 1.54) is 0 Å². The summed E-state index contributed by atoms with van der Waals surface area (Å²) in [5, 5.41) is 3.24. The average Bonchev–Trinajstić information content (AvgIpc) is 2.70. The maximum atomic E-state index is 6.03. The molecule has 0 amide bonds. The first-order chi connectivity index (χ1) is 12.9. The van der Waals surface area contributed by atoms with Gasteiger partial charge in [-0.25, -0.2) is 0 Å². The van der Waals surface area contributed by atoms with Gasteiger partial charge in [0.15, 0.2) is 0 Å². The van der Waals surface area contributed by atoms with Gasteiger partial charge in [-0.2, -0.15) is 15.0 Å². The minimum Gasteiger partial charge on any atom is -0.460 e. The number of para-hydroxylation sites is 1. The summed E-state index contributed by atoms with van der Waals surface area (Å²) in [6.07, 6.45) is 1.77. The molecular weight excluding hydrogens is 334 g/mol. The second kappa shape index (κ2) is 8.29. The van der Waals surface area contributed by atoms with E-state index in [1.54, 1.807) is 0 Å². The lowest BCUT2D eigenvalue weighted by Gasteiger charge is -2.27. The third-order valence-corrected chi connectivity index (χ3v) is 4.37. The van der Waals surface area contributed by atoms with Gasteiger partial charge in [0, 0.05) is 31.6 Å². The third kappa shape index (κ3) is 4.39. The fourth-order valence-electron chi connectivity index (χ4n) is 2.95. The van der Waals surface area contributed by atoms with Gasteiger partial charge in [-0.3, -0.25) is 0 Å². The summed E-state index contributed by atoms with van der Waals surface area (Å²) in [7, 11) is 0. The monoisotopic (exact) mass is 357 g/mol. The van der Waals surface area contributed by atoms with E-state index in [1.807, 2.05) is 30.3 Å². The molecule has 138 valence electrons. The molecule has 2 fully saturated rings. The lowest BCUT2D eigenvalue weighted by molar-refractivity contribution is 0.0217. The molecule has 0 aliphatic carbocycles. The van der Waals surface area contributed by atoms with Crippen molar-refractivity contribution in [2.75, 3.05) is 49.7 Å². The largest absolute Gasteiger partial charge is 0.460 e. The number of anilines is 3. The molecule has 0 bridgehead atoms. The van der Waals surface area contributed by atoms with Crippen molar-refractivity contribution in [2.45, 2.75) is 18.9 Å². The number of nitrogens with one attached hydrogen (secondary N) is 1. The number of rotatable bonds is 5. The summed E-state index contributed by atoms with van der Waals surface area (Å²) >= 11 is 0. The fourth-order valence-corrected chi connectivity index (χ4v) is 2.95. The van der Waals surface area contributed by atoms with Crippen molar-refractivity contribution < 1.29 is 14.2 Å². The number of nitrogens with zero attached hydrogens (tertiary/aromatic N) is 4. The molecule has 2 aliphatic heterocycles. The van der Waals surface area contributed by atoms with E-state index in [9.17, 15) is 0 Å². The fraction of sp³-hybridized carbons (Fsp3) is 0.500. The highest BCUT2D eigenvalue weighted by molar-refractivity contribution is 5.54. The van der Waals surface area contributed by atoms with Crippen LogP contribution in [0.3, 0.4) is 0 Å². The van der Waals surface area contributed by atoms with Crippen molar-refractivity contribution in [1.29, 1.82) is 0 Å². The third-order valence-electron chi connectivity index (χ3n) is 4.37. The molecule has 0 spiro atoms. The number of morpholine rings is 1. The summed E-state index contributed by atoms with van der Waals surface area (Å²) < 4.78 is 16.8. The van der Waals surface area contributed by atoms with Crippen molar-refractivity contribution in [3.8, 4) is 6.01 Å². The van der Waals surface area contributed by atoms with Crippen LogP contribution in [-0.4, -0.2) is 60.6 Å². The molecule has 4 rings (SSSR count). The highest BCUT2D eigenvalue weighted by Crippen LogP contribution is 2.21. The van der Waals surface area contributed by atoms with Crippen molar-refractivity contribution in [2.24, 2.45) is 0 Å². The van der Waals surface area contributed by atoms with Crippen LogP contribution in [0.25, 0.3) is 0 Å². The molecule has 8 nitrogen and oxygen atoms in total. The quantitative estimate of drug-likeness (QED) is 0.870. The smallest absolute Gasteiger partial charge is 0.323 e. The van der Waals surface area contributed by atoms with E-state index in [0.29, 0.717) is 44.3 Å². The zero-order valence-electron chi connectivity index (χ0n) is 14.6. The molecule has 2 saturated heterocycles. The number of hydrogen-bond acceptors (Lipinski definition) is 8. The van der Waals surface area contributed by atoms with E-state index in [2.05, 4.69) is 25.2 Å². The van der Waals surface area contributed by atoms with E-state index in [4.69, 9.17) is 14.2 Å². The van der Waals surface area contributed by atoms with Gasteiger partial charge in [0.25, 0.3) is 0 Å². The maximum Gasteiger partial charge on any atom is 0.323 e. The Morgan fingerprint density at radius 1 is 0.923 bits per heavy atom. The Morgan fingerprint density at radius 3 is 2.42 bits per heavy atom. The lowest BCUT2D eigenvalue weighted by Crippen LogP contribution is -2.37. The SMILES string of the molecule is c1ccc(Nc2nc(OC3CCOCC3)nc(N3CCOCC3)n2)cc1. The van der Waals surface area contributed by atoms with E-state index in [0.717, 1.165) is 31.6 Å². The van der Waals surface area contributed by atoms with Crippen molar-refractivity contribution in [3.05, 3.63) is 30.3 Å². The van der Waals surface area contributed by atoms with Crippen molar-refractivity contribution in [3.63, 3.8) is 0 Å². The van der Waals surface area contributed by atoms with Gasteiger partial charge in [0.2, 0.25) is 11.9 Å². The van der Waals surface area contributed by atoms with Gasteiger partial charge in [-0.1, -0.05) is 18.2 Å². The van der Waals surface area contributed by atoms with Gasteiger partial charge >= 0.3 is 6.01 Å². The molecule has 1 aromatic heterocycles. The van der Waals surface area contributed by atoms with Gasteiger partial charge in [0.1, 0.15) is 6.10 Å². The Morgan fingerprint density at radius 2 is 1.65 bits per heavy atom. The van der Waals surface area contributed by atoms with Crippen LogP contribution in [0.2, 0.25) is 0 Å². The molecule has 0 radical (unpaired) electrons. The topological polar surface area (TPSA) is 81.6 Å². The summed E-state index contributed by atoms with van der Waals surface area (Å²) in [5.74, 6) is 1.10. The van der Waals surface area contributed by atoms with Crippen LogP contribution in [0.5, 0.6) is 6.01 Å². The highest BCUT2D eigenvalue weighted by atomic mass is 16.5. The Labute approximate surface area is 152 Å². The van der Waals surface area contributed by atoms with E-state index in [-0.39, 0.29) is 6.10 Å². The molecule has 26 heavy (non-hydrogen) atoms. The molecule has 3 heterocycles. The van der Waals surface area contributed by atoms with Crippen molar-refractivity contribution >= 4 is 17.6 Å². The molecule has 2 aromatic rings. The van der Waals surface area contributed by atoms with Gasteiger partial charge in [-0.05, 0) is 12.1 Å². The van der Waals surface area contributed by atoms with Crippen molar-refractivity contribution in [1.82, 2.24) is 15.0 Å². The molecule has 2 aliphatic rings. The van der Waals surface area contributed by atoms with Gasteiger partial charge in [-0.15, -0.1) is 0 Å². The minimum atomic E-state index is 0.0771. The second-order valence-electron chi connectivity index (χ2n) is 6.26. The van der Waals surface area contributed by atoms with E-state index < -0.39 is 0 Å². The molecule has 8 heteroatoms. The molecule has 0 unspecified atom stereocenters. The number of ether oxygens (including phenoxy) is 3. The predicted octanol–water partition coefficient (Wildman–Crippen LogP) is 2.01. The zero-order valence-corrected chi connectivity index (χ0v) is 14.6. The van der Waals surface area contributed by atoms with Gasteiger partial charge in [0.05, 0.1) is 26.4 Å².